The van der Waals surface area contributed by atoms with Crippen LogP contribution in [-0.4, -0.2) is 25.2 Å². The van der Waals surface area contributed by atoms with Gasteiger partial charge in [0, 0.05) is 24.6 Å². The second-order valence-electron chi connectivity index (χ2n) is 5.50. The Bertz CT molecular complexity index is 579. The highest BCUT2D eigenvalue weighted by Crippen LogP contribution is 2.26. The molecule has 2 heterocycles. The lowest BCUT2D eigenvalue weighted by atomic mass is 9.90. The van der Waals surface area contributed by atoms with E-state index >= 15 is 0 Å². The van der Waals surface area contributed by atoms with Crippen LogP contribution in [0.25, 0.3) is 0 Å². The van der Waals surface area contributed by atoms with Crippen molar-refractivity contribution in [3.05, 3.63) is 28.5 Å². The molecule has 102 valence electrons. The Labute approximate surface area is 116 Å². The van der Waals surface area contributed by atoms with E-state index in [0.29, 0.717) is 11.3 Å². The van der Waals surface area contributed by atoms with E-state index in [1.807, 2.05) is 38.6 Å². The molecule has 0 radical (unpaired) electrons. The third-order valence-corrected chi connectivity index (χ3v) is 3.59. The number of carbonyl (C=O) groups excluding carboxylic acids is 1. The van der Waals surface area contributed by atoms with E-state index in [1.165, 1.54) is 11.5 Å². The lowest BCUT2D eigenvalue weighted by Crippen LogP contribution is -2.17. The normalized spacial score (nSPS) is 11.8. The zero-order chi connectivity index (χ0) is 14.0. The van der Waals surface area contributed by atoms with E-state index in [0.717, 1.165) is 17.8 Å². The van der Waals surface area contributed by atoms with Gasteiger partial charge >= 0.3 is 0 Å². The van der Waals surface area contributed by atoms with Gasteiger partial charge < -0.3 is 0 Å². The second-order valence-corrected chi connectivity index (χ2v) is 6.26. The van der Waals surface area contributed by atoms with Crippen molar-refractivity contribution < 1.29 is 4.79 Å². The first-order chi connectivity index (χ1) is 8.91. The van der Waals surface area contributed by atoms with Crippen LogP contribution in [0.3, 0.4) is 0 Å². The Kier molecular flexibility index (Phi) is 3.80. The molecule has 0 aliphatic carbocycles. The highest BCUT2D eigenvalue weighted by atomic mass is 32.1. The summed E-state index contributed by atoms with van der Waals surface area (Å²) in [5.74, 6) is 0.0654. The first-order valence-electron chi connectivity index (χ1n) is 6.29. The van der Waals surface area contributed by atoms with Gasteiger partial charge in [0.25, 0.3) is 0 Å². The highest BCUT2D eigenvalue weighted by Gasteiger charge is 2.26. The number of ketones is 1. The summed E-state index contributed by atoms with van der Waals surface area (Å²) in [5, 5.41) is 8.28. The molecule has 0 saturated carbocycles. The van der Waals surface area contributed by atoms with Crippen molar-refractivity contribution in [1.82, 2.24) is 19.4 Å². The van der Waals surface area contributed by atoms with Crippen LogP contribution < -0.4 is 0 Å². The molecular formula is C13H18N4OS. The molecule has 2 rings (SSSR count). The van der Waals surface area contributed by atoms with E-state index in [1.54, 1.807) is 6.20 Å². The molecule has 0 spiro atoms. The summed E-state index contributed by atoms with van der Waals surface area (Å²) in [6.45, 7) is 8.94. The third kappa shape index (κ3) is 3.07. The number of nitrogens with zero attached hydrogens (tertiary/aromatic N) is 4. The Morgan fingerprint density at radius 3 is 2.74 bits per heavy atom. The first-order valence-corrected chi connectivity index (χ1v) is 7.06. The number of hydrogen-bond acceptors (Lipinski definition) is 5. The van der Waals surface area contributed by atoms with Crippen LogP contribution in [0.15, 0.2) is 12.4 Å². The summed E-state index contributed by atoms with van der Waals surface area (Å²) in [6.07, 6.45) is 4.00. The maximum Gasteiger partial charge on any atom is 0.180 e. The number of rotatable bonds is 4. The first kappa shape index (κ1) is 13.9. The Morgan fingerprint density at radius 2 is 2.16 bits per heavy atom. The molecule has 6 heteroatoms. The van der Waals surface area contributed by atoms with Crippen LogP contribution in [-0.2, 0) is 18.4 Å². The second kappa shape index (κ2) is 5.21. The van der Waals surface area contributed by atoms with E-state index < -0.39 is 0 Å². The summed E-state index contributed by atoms with van der Waals surface area (Å²) < 4.78 is 5.74. The zero-order valence-electron chi connectivity index (χ0n) is 11.7. The van der Waals surface area contributed by atoms with Crippen LogP contribution >= 0.6 is 11.5 Å². The van der Waals surface area contributed by atoms with Crippen molar-refractivity contribution in [2.24, 2.45) is 0 Å². The van der Waals surface area contributed by atoms with Crippen molar-refractivity contribution in [1.29, 1.82) is 0 Å². The number of aryl methyl sites for hydroxylation is 1. The molecule has 0 aromatic carbocycles. The summed E-state index contributed by atoms with van der Waals surface area (Å²) in [5.41, 5.74) is 1.55. The largest absolute Gasteiger partial charge is 0.293 e. The molecule has 0 fully saturated rings. The summed E-state index contributed by atoms with van der Waals surface area (Å²) in [6, 6.07) is 0. The molecule has 19 heavy (non-hydrogen) atoms. The van der Waals surface area contributed by atoms with Crippen molar-refractivity contribution in [3.63, 3.8) is 0 Å². The topological polar surface area (TPSA) is 60.7 Å². The van der Waals surface area contributed by atoms with Crippen LogP contribution in [0.5, 0.6) is 0 Å². The van der Waals surface area contributed by atoms with Crippen LogP contribution in [0, 0.1) is 0 Å². The lowest BCUT2D eigenvalue weighted by Gasteiger charge is -2.15. The van der Waals surface area contributed by atoms with Gasteiger partial charge in [-0.05, 0) is 24.0 Å². The Morgan fingerprint density at radius 1 is 1.42 bits per heavy atom. The maximum absolute atomic E-state index is 12.3. The quantitative estimate of drug-likeness (QED) is 0.806. The van der Waals surface area contributed by atoms with Gasteiger partial charge in [0.2, 0.25) is 0 Å². The predicted molar refractivity (Wildman–Crippen MR) is 74.5 cm³/mol. The number of carbonyl (C=O) groups is 1. The average Bonchev–Trinajstić information content (AvgIpc) is 2.95. The molecular weight excluding hydrogens is 260 g/mol. The molecule has 0 atom stereocenters. The molecule has 0 N–H and O–H groups in total. The summed E-state index contributed by atoms with van der Waals surface area (Å²) in [4.78, 5) is 13.0. The van der Waals surface area contributed by atoms with Gasteiger partial charge in [-0.2, -0.15) is 5.10 Å². The Hall–Kier alpha value is -1.56. The minimum Gasteiger partial charge on any atom is -0.293 e. The predicted octanol–water partition coefficient (Wildman–Crippen LogP) is 2.48. The average molecular weight is 278 g/mol. The minimum atomic E-state index is -0.161. The van der Waals surface area contributed by atoms with Crippen LogP contribution in [0.1, 0.15) is 48.6 Å². The van der Waals surface area contributed by atoms with E-state index in [-0.39, 0.29) is 11.2 Å². The molecule has 2 aromatic rings. The van der Waals surface area contributed by atoms with Gasteiger partial charge in [0.05, 0.1) is 11.9 Å². The lowest BCUT2D eigenvalue weighted by molar-refractivity contribution is 0.0994. The smallest absolute Gasteiger partial charge is 0.180 e. The molecule has 5 nitrogen and oxygen atoms in total. The fraction of sp³-hybridized carbons (Fsp3) is 0.538. The number of aromatic nitrogens is 4. The maximum atomic E-state index is 12.3. The van der Waals surface area contributed by atoms with E-state index in [4.69, 9.17) is 0 Å². The highest BCUT2D eigenvalue weighted by molar-refractivity contribution is 7.08. The van der Waals surface area contributed by atoms with Crippen molar-refractivity contribution >= 4 is 17.3 Å². The molecule has 0 aliphatic rings. The number of Topliss-reactive ketones (excluding diaryl/α,β-unsaturated/α-hetero) is 1. The fourth-order valence-electron chi connectivity index (χ4n) is 1.80. The fourth-order valence-corrected chi connectivity index (χ4v) is 2.61. The minimum absolute atomic E-state index is 0.0654. The van der Waals surface area contributed by atoms with Gasteiger partial charge in [-0.1, -0.05) is 25.3 Å². The van der Waals surface area contributed by atoms with Gasteiger partial charge in [-0.25, -0.2) is 0 Å². The summed E-state index contributed by atoms with van der Waals surface area (Å²) in [7, 11) is 0. The van der Waals surface area contributed by atoms with Crippen LogP contribution in [0.4, 0.5) is 0 Å². The standard InChI is InChI=1S/C13H18N4OS/c1-5-17-8-9(7-14-17)6-10(18)11-12(13(2,3)4)15-16-19-11/h7-8H,5-6H2,1-4H3. The zero-order valence-corrected chi connectivity index (χ0v) is 12.5. The van der Waals surface area contributed by atoms with Gasteiger partial charge in [-0.15, -0.1) is 5.10 Å². The SMILES string of the molecule is CCn1cc(CC(=O)c2snnc2C(C)(C)C)cn1. The van der Waals surface area contributed by atoms with Gasteiger partial charge in [0.1, 0.15) is 4.88 Å². The van der Waals surface area contributed by atoms with E-state index in [9.17, 15) is 4.79 Å². The molecule has 0 saturated heterocycles. The van der Waals surface area contributed by atoms with Gasteiger partial charge in [-0.3, -0.25) is 9.48 Å². The van der Waals surface area contributed by atoms with Crippen molar-refractivity contribution in [2.75, 3.05) is 0 Å². The third-order valence-electron chi connectivity index (χ3n) is 2.83. The molecule has 2 aromatic heterocycles. The number of hydrogen-bond donors (Lipinski definition) is 0. The monoisotopic (exact) mass is 278 g/mol. The molecule has 0 bridgehead atoms. The van der Waals surface area contributed by atoms with Crippen LogP contribution in [0.2, 0.25) is 0 Å². The van der Waals surface area contributed by atoms with Gasteiger partial charge in [0.15, 0.2) is 5.78 Å². The van der Waals surface area contributed by atoms with Crippen molar-refractivity contribution in [3.8, 4) is 0 Å². The van der Waals surface area contributed by atoms with E-state index in [2.05, 4.69) is 14.7 Å². The molecule has 0 unspecified atom stereocenters. The molecule has 0 amide bonds. The molecule has 0 aliphatic heterocycles. The van der Waals surface area contributed by atoms with Crippen molar-refractivity contribution in [2.45, 2.75) is 46.1 Å². The Balaban J connectivity index is 2.19. The summed E-state index contributed by atoms with van der Waals surface area (Å²) >= 11 is 1.18.